The van der Waals surface area contributed by atoms with E-state index in [1.807, 2.05) is 36.4 Å². The topological polar surface area (TPSA) is 26.3 Å². The van der Waals surface area contributed by atoms with Crippen molar-refractivity contribution in [3.8, 4) is 5.75 Å². The fourth-order valence-electron chi connectivity index (χ4n) is 1.71. The summed E-state index contributed by atoms with van der Waals surface area (Å²) in [6.07, 6.45) is 7.39. The van der Waals surface area contributed by atoms with Crippen LogP contribution < -0.4 is 4.74 Å². The van der Waals surface area contributed by atoms with Crippen LogP contribution in [-0.2, 0) is 4.79 Å². The van der Waals surface area contributed by atoms with Crippen molar-refractivity contribution >= 4 is 5.78 Å². The lowest BCUT2D eigenvalue weighted by atomic mass is 10.1. The van der Waals surface area contributed by atoms with E-state index in [9.17, 15) is 4.79 Å². The van der Waals surface area contributed by atoms with E-state index >= 15 is 0 Å². The average molecular weight is 246 g/mol. The standard InChI is InChI=1S/C16H22O2/c1-2-3-4-5-7-10-15(17)13-14-18-16-11-8-6-9-12-16/h2,6,8-9,11-12H,1,3-5,7,10,13-14H2. The molecule has 0 saturated heterocycles. The van der Waals surface area contributed by atoms with Gasteiger partial charge in [-0.1, -0.05) is 30.7 Å². The zero-order chi connectivity index (χ0) is 13.1. The molecule has 1 aromatic rings. The van der Waals surface area contributed by atoms with Gasteiger partial charge in [-0.25, -0.2) is 0 Å². The number of rotatable bonds is 10. The maximum atomic E-state index is 11.6. The number of ether oxygens (including phenoxy) is 1. The van der Waals surface area contributed by atoms with Crippen LogP contribution in [0.15, 0.2) is 43.0 Å². The minimum absolute atomic E-state index is 0.296. The number of carbonyl (C=O) groups excluding carboxylic acids is 1. The minimum atomic E-state index is 0.296. The lowest BCUT2D eigenvalue weighted by Crippen LogP contribution is -2.06. The van der Waals surface area contributed by atoms with Crippen LogP contribution in [0.3, 0.4) is 0 Å². The van der Waals surface area contributed by atoms with Crippen molar-refractivity contribution in [1.29, 1.82) is 0 Å². The van der Waals surface area contributed by atoms with E-state index in [1.165, 1.54) is 0 Å². The molecule has 0 unspecified atom stereocenters. The Morgan fingerprint density at radius 2 is 1.89 bits per heavy atom. The summed E-state index contributed by atoms with van der Waals surface area (Å²) in [6.45, 7) is 4.16. The summed E-state index contributed by atoms with van der Waals surface area (Å²) < 4.78 is 5.49. The Kier molecular flexibility index (Phi) is 7.61. The van der Waals surface area contributed by atoms with E-state index in [0.29, 0.717) is 25.2 Å². The van der Waals surface area contributed by atoms with Crippen molar-refractivity contribution < 1.29 is 9.53 Å². The van der Waals surface area contributed by atoms with Gasteiger partial charge in [0.05, 0.1) is 6.61 Å². The molecular weight excluding hydrogens is 224 g/mol. The van der Waals surface area contributed by atoms with Crippen LogP contribution in [0.1, 0.15) is 38.5 Å². The fourth-order valence-corrected chi connectivity index (χ4v) is 1.71. The quantitative estimate of drug-likeness (QED) is 0.457. The first kappa shape index (κ1) is 14.5. The van der Waals surface area contributed by atoms with Crippen LogP contribution in [0.5, 0.6) is 5.75 Å². The van der Waals surface area contributed by atoms with Crippen molar-refractivity contribution in [2.45, 2.75) is 38.5 Å². The van der Waals surface area contributed by atoms with E-state index in [4.69, 9.17) is 4.74 Å². The first-order chi connectivity index (χ1) is 8.83. The SMILES string of the molecule is C=CCCCCCC(=O)CCOc1ccccc1. The number of benzene rings is 1. The largest absolute Gasteiger partial charge is 0.493 e. The second-order valence-corrected chi connectivity index (χ2v) is 4.34. The first-order valence-corrected chi connectivity index (χ1v) is 6.63. The molecule has 0 bridgehead atoms. The molecule has 1 rings (SSSR count). The summed E-state index contributed by atoms with van der Waals surface area (Å²) in [6, 6.07) is 9.61. The Hall–Kier alpha value is -1.57. The summed E-state index contributed by atoms with van der Waals surface area (Å²) in [5.41, 5.74) is 0. The molecular formula is C16H22O2. The first-order valence-electron chi connectivity index (χ1n) is 6.63. The summed E-state index contributed by atoms with van der Waals surface area (Å²) in [5, 5.41) is 0. The molecule has 0 aliphatic rings. The molecule has 0 saturated carbocycles. The molecule has 0 amide bonds. The van der Waals surface area contributed by atoms with Gasteiger partial charge in [0.1, 0.15) is 11.5 Å². The molecule has 98 valence electrons. The van der Waals surface area contributed by atoms with Crippen molar-refractivity contribution in [2.75, 3.05) is 6.61 Å². The van der Waals surface area contributed by atoms with Gasteiger partial charge in [-0.2, -0.15) is 0 Å². The number of allylic oxidation sites excluding steroid dienone is 1. The Morgan fingerprint density at radius 3 is 2.61 bits per heavy atom. The van der Waals surface area contributed by atoms with Gasteiger partial charge in [-0.3, -0.25) is 4.79 Å². The van der Waals surface area contributed by atoms with Crippen LogP contribution >= 0.6 is 0 Å². The van der Waals surface area contributed by atoms with Gasteiger partial charge in [-0.15, -0.1) is 6.58 Å². The third-order valence-electron chi connectivity index (χ3n) is 2.76. The molecule has 2 heteroatoms. The van der Waals surface area contributed by atoms with Crippen LogP contribution in [0, 0.1) is 0 Å². The van der Waals surface area contributed by atoms with Crippen molar-refractivity contribution in [3.63, 3.8) is 0 Å². The average Bonchev–Trinajstić information content (AvgIpc) is 2.40. The maximum absolute atomic E-state index is 11.6. The Morgan fingerprint density at radius 1 is 1.11 bits per heavy atom. The Labute approximate surface area is 110 Å². The summed E-state index contributed by atoms with van der Waals surface area (Å²) in [7, 11) is 0. The van der Waals surface area contributed by atoms with Crippen LogP contribution in [-0.4, -0.2) is 12.4 Å². The minimum Gasteiger partial charge on any atom is -0.493 e. The van der Waals surface area contributed by atoms with Gasteiger partial charge < -0.3 is 4.74 Å². The van der Waals surface area contributed by atoms with Gasteiger partial charge in [-0.05, 0) is 31.4 Å². The number of unbranched alkanes of at least 4 members (excludes halogenated alkanes) is 3. The number of hydrogen-bond donors (Lipinski definition) is 0. The lowest BCUT2D eigenvalue weighted by Gasteiger charge is -2.05. The van der Waals surface area contributed by atoms with Gasteiger partial charge >= 0.3 is 0 Å². The number of hydrogen-bond acceptors (Lipinski definition) is 2. The Balaban J connectivity index is 2.01. The van der Waals surface area contributed by atoms with Crippen molar-refractivity contribution in [3.05, 3.63) is 43.0 Å². The molecule has 0 N–H and O–H groups in total. The highest BCUT2D eigenvalue weighted by Gasteiger charge is 2.02. The van der Waals surface area contributed by atoms with Gasteiger partial charge in [0, 0.05) is 12.8 Å². The van der Waals surface area contributed by atoms with Crippen molar-refractivity contribution in [2.24, 2.45) is 0 Å². The fraction of sp³-hybridized carbons (Fsp3) is 0.438. The van der Waals surface area contributed by atoms with Gasteiger partial charge in [0.25, 0.3) is 0 Å². The van der Waals surface area contributed by atoms with Crippen LogP contribution in [0.4, 0.5) is 0 Å². The van der Waals surface area contributed by atoms with Crippen LogP contribution in [0.25, 0.3) is 0 Å². The summed E-state index contributed by atoms with van der Waals surface area (Å²) in [5.74, 6) is 1.13. The lowest BCUT2D eigenvalue weighted by molar-refractivity contribution is -0.119. The molecule has 2 nitrogen and oxygen atoms in total. The highest BCUT2D eigenvalue weighted by Crippen LogP contribution is 2.09. The number of carbonyl (C=O) groups is 1. The molecule has 1 aromatic carbocycles. The monoisotopic (exact) mass is 246 g/mol. The van der Waals surface area contributed by atoms with E-state index in [-0.39, 0.29) is 0 Å². The summed E-state index contributed by atoms with van der Waals surface area (Å²) in [4.78, 5) is 11.6. The third-order valence-corrected chi connectivity index (χ3v) is 2.76. The molecule has 18 heavy (non-hydrogen) atoms. The zero-order valence-corrected chi connectivity index (χ0v) is 10.9. The molecule has 0 fully saturated rings. The molecule has 0 heterocycles. The molecule has 0 spiro atoms. The van der Waals surface area contributed by atoms with E-state index in [1.54, 1.807) is 0 Å². The van der Waals surface area contributed by atoms with Crippen molar-refractivity contribution in [1.82, 2.24) is 0 Å². The van der Waals surface area contributed by atoms with E-state index < -0.39 is 0 Å². The second-order valence-electron chi connectivity index (χ2n) is 4.34. The predicted molar refractivity (Wildman–Crippen MR) is 74.8 cm³/mol. The van der Waals surface area contributed by atoms with Gasteiger partial charge in [0.15, 0.2) is 0 Å². The number of ketones is 1. The normalized spacial score (nSPS) is 10.0. The predicted octanol–water partition coefficient (Wildman–Crippen LogP) is 4.16. The number of para-hydroxylation sites is 1. The summed E-state index contributed by atoms with van der Waals surface area (Å²) >= 11 is 0. The highest BCUT2D eigenvalue weighted by molar-refractivity contribution is 5.78. The van der Waals surface area contributed by atoms with E-state index in [2.05, 4.69) is 6.58 Å². The highest BCUT2D eigenvalue weighted by atomic mass is 16.5. The van der Waals surface area contributed by atoms with Gasteiger partial charge in [0.2, 0.25) is 0 Å². The van der Waals surface area contributed by atoms with Crippen LogP contribution in [0.2, 0.25) is 0 Å². The molecule has 0 radical (unpaired) electrons. The Bertz CT molecular complexity index is 343. The molecule has 0 atom stereocenters. The molecule has 0 aromatic heterocycles. The zero-order valence-electron chi connectivity index (χ0n) is 10.9. The smallest absolute Gasteiger partial charge is 0.136 e. The second kappa shape index (κ2) is 9.46. The molecule has 0 aliphatic carbocycles. The number of Topliss-reactive ketones (excluding diaryl/α,β-unsaturated/α-hetero) is 1. The molecule has 0 aliphatic heterocycles. The maximum Gasteiger partial charge on any atom is 0.136 e. The third kappa shape index (κ3) is 6.89. The van der Waals surface area contributed by atoms with E-state index in [0.717, 1.165) is 31.4 Å².